The molecule has 0 aliphatic carbocycles. The molecule has 44 heavy (non-hydrogen) atoms. The van der Waals surface area contributed by atoms with Gasteiger partial charge in [0.05, 0.1) is 92.5 Å². The van der Waals surface area contributed by atoms with Crippen LogP contribution in [0.3, 0.4) is 0 Å². The van der Waals surface area contributed by atoms with Gasteiger partial charge in [-0.2, -0.15) is 0 Å². The maximum atomic E-state index is 11.8. The summed E-state index contributed by atoms with van der Waals surface area (Å²) in [7, 11) is 4.04. The van der Waals surface area contributed by atoms with Gasteiger partial charge in [-0.3, -0.25) is 4.79 Å². The molecule has 0 saturated carbocycles. The first-order chi connectivity index (χ1) is 21.7. The minimum atomic E-state index is -0.125. The molecule has 0 N–H and O–H groups in total. The molecule has 0 radical (unpaired) electrons. The summed E-state index contributed by atoms with van der Waals surface area (Å²) in [5, 5.41) is 0. The van der Waals surface area contributed by atoms with Gasteiger partial charge in [-0.15, -0.1) is 0 Å². The number of carbonyl (C=O) groups is 1. The Labute approximate surface area is 270 Å². The predicted molar refractivity (Wildman–Crippen MR) is 176 cm³/mol. The number of nitrogens with zero attached hydrogens (tertiary/aromatic N) is 1. The molecule has 0 atom stereocenters. The second-order valence-corrected chi connectivity index (χ2v) is 11.3. The van der Waals surface area contributed by atoms with Crippen LogP contribution >= 0.6 is 0 Å². The van der Waals surface area contributed by atoms with Crippen LogP contribution in [-0.4, -0.2) is 131 Å². The maximum absolute atomic E-state index is 11.8. The van der Waals surface area contributed by atoms with Crippen LogP contribution in [0, 0.1) is 0 Å². The fourth-order valence-corrected chi connectivity index (χ4v) is 4.24. The van der Waals surface area contributed by atoms with Crippen molar-refractivity contribution in [2.24, 2.45) is 0 Å². The molecule has 0 aliphatic rings. The topological polar surface area (TPSA) is 94.2 Å². The summed E-state index contributed by atoms with van der Waals surface area (Å²) in [5.41, 5.74) is 0. The lowest BCUT2D eigenvalue weighted by atomic mass is 10.0. The molecule has 0 bridgehead atoms. The summed E-state index contributed by atoms with van der Waals surface area (Å²) < 4.78 is 43.5. The van der Waals surface area contributed by atoms with Crippen molar-refractivity contribution in [3.63, 3.8) is 0 Å². The van der Waals surface area contributed by atoms with Crippen LogP contribution in [0.15, 0.2) is 0 Å². The second kappa shape index (κ2) is 38.3. The van der Waals surface area contributed by atoms with Crippen molar-refractivity contribution in [1.29, 1.82) is 0 Å². The number of likely N-dealkylation sites (N-methyl/N-ethyl adjacent to an activating group) is 1. The molecule has 0 fully saturated rings. The van der Waals surface area contributed by atoms with Crippen LogP contribution in [0.5, 0.6) is 0 Å². The Bertz CT molecular complexity index is 555. The first kappa shape index (κ1) is 43.1. The van der Waals surface area contributed by atoms with E-state index in [4.69, 9.17) is 37.9 Å². The largest absolute Gasteiger partial charge is 0.463 e. The second-order valence-electron chi connectivity index (χ2n) is 11.3. The third-order valence-electron chi connectivity index (χ3n) is 6.89. The minimum Gasteiger partial charge on any atom is -0.463 e. The van der Waals surface area contributed by atoms with Crippen molar-refractivity contribution >= 4 is 5.97 Å². The van der Waals surface area contributed by atoms with Crippen LogP contribution in [0.25, 0.3) is 0 Å². The smallest absolute Gasteiger partial charge is 0.305 e. The summed E-state index contributed by atoms with van der Waals surface area (Å²) in [6, 6.07) is 0. The molecule has 0 saturated heterocycles. The maximum Gasteiger partial charge on any atom is 0.305 e. The molecular weight excluding hydrogens is 566 g/mol. The van der Waals surface area contributed by atoms with Gasteiger partial charge >= 0.3 is 5.97 Å². The van der Waals surface area contributed by atoms with Gasteiger partial charge in [0.2, 0.25) is 0 Å². The average Bonchev–Trinajstić information content (AvgIpc) is 3.01. The Balaban J connectivity index is 3.13. The first-order valence-electron chi connectivity index (χ1n) is 17.5. The van der Waals surface area contributed by atoms with E-state index in [2.05, 4.69) is 11.8 Å². The monoisotopic (exact) mass is 635 g/mol. The standard InChI is InChI=1S/C34H69NO9/c1-4-5-6-7-8-9-10-11-12-13-14-15-16-17-34(36)44-33-32-43-31-30-42-29-28-41-27-26-40-25-24-39-23-22-38-21-20-37-19-18-35(2)3/h4-33H2,1-3H3. The minimum absolute atomic E-state index is 0.125. The summed E-state index contributed by atoms with van der Waals surface area (Å²) >= 11 is 0. The van der Waals surface area contributed by atoms with Gasteiger partial charge in [-0.05, 0) is 20.5 Å². The molecular formula is C34H69NO9. The number of carbonyl (C=O) groups excluding carboxylic acids is 1. The molecule has 0 unspecified atom stereocenters. The Morgan fingerprint density at radius 1 is 0.409 bits per heavy atom. The lowest BCUT2D eigenvalue weighted by Gasteiger charge is -2.10. The molecule has 0 aromatic carbocycles. The van der Waals surface area contributed by atoms with Gasteiger partial charge < -0.3 is 42.8 Å². The van der Waals surface area contributed by atoms with Gasteiger partial charge in [0, 0.05) is 13.0 Å². The highest BCUT2D eigenvalue weighted by Crippen LogP contribution is 2.13. The normalized spacial score (nSPS) is 11.5. The molecule has 0 amide bonds. The van der Waals surface area contributed by atoms with E-state index in [-0.39, 0.29) is 5.97 Å². The number of unbranched alkanes of at least 4 members (excludes halogenated alkanes) is 12. The van der Waals surface area contributed by atoms with Crippen molar-refractivity contribution < 1.29 is 42.7 Å². The van der Waals surface area contributed by atoms with E-state index >= 15 is 0 Å². The van der Waals surface area contributed by atoms with Gasteiger partial charge in [0.25, 0.3) is 0 Å². The van der Waals surface area contributed by atoms with Crippen molar-refractivity contribution in [3.8, 4) is 0 Å². The Hall–Kier alpha value is -0.850. The van der Waals surface area contributed by atoms with Gasteiger partial charge in [-0.25, -0.2) is 0 Å². The Morgan fingerprint density at radius 2 is 0.705 bits per heavy atom. The number of ether oxygens (including phenoxy) is 8. The Morgan fingerprint density at radius 3 is 1.05 bits per heavy atom. The first-order valence-corrected chi connectivity index (χ1v) is 17.5. The molecule has 0 spiro atoms. The van der Waals surface area contributed by atoms with Crippen LogP contribution < -0.4 is 0 Å². The molecule has 264 valence electrons. The van der Waals surface area contributed by atoms with Crippen LogP contribution in [0.1, 0.15) is 96.8 Å². The van der Waals surface area contributed by atoms with Crippen LogP contribution in [-0.2, 0) is 42.7 Å². The zero-order chi connectivity index (χ0) is 32.0. The quantitative estimate of drug-likeness (QED) is 0.0622. The van der Waals surface area contributed by atoms with Gasteiger partial charge in [0.15, 0.2) is 0 Å². The molecule has 10 heteroatoms. The summed E-state index contributed by atoms with van der Waals surface area (Å²) in [4.78, 5) is 13.9. The highest BCUT2D eigenvalue weighted by Gasteiger charge is 2.03. The highest BCUT2D eigenvalue weighted by atomic mass is 16.6. The van der Waals surface area contributed by atoms with E-state index in [1.807, 2.05) is 14.1 Å². The molecule has 0 aliphatic heterocycles. The summed E-state index contributed by atoms with van der Waals surface area (Å²) in [5.74, 6) is -0.125. The number of esters is 1. The van der Waals surface area contributed by atoms with Crippen molar-refractivity contribution in [1.82, 2.24) is 4.90 Å². The van der Waals surface area contributed by atoms with E-state index in [0.717, 1.165) is 26.0 Å². The Kier molecular flexibility index (Phi) is 37.6. The number of rotatable bonds is 38. The molecule has 0 aromatic rings. The zero-order valence-corrected chi connectivity index (χ0v) is 28.8. The lowest BCUT2D eigenvalue weighted by molar-refractivity contribution is -0.145. The molecule has 0 aromatic heterocycles. The van der Waals surface area contributed by atoms with Gasteiger partial charge in [-0.1, -0.05) is 84.0 Å². The van der Waals surface area contributed by atoms with Gasteiger partial charge in [0.1, 0.15) is 6.61 Å². The van der Waals surface area contributed by atoms with Crippen LogP contribution in [0.4, 0.5) is 0 Å². The van der Waals surface area contributed by atoms with Crippen molar-refractivity contribution in [2.75, 3.05) is 120 Å². The molecule has 10 nitrogen and oxygen atoms in total. The highest BCUT2D eigenvalue weighted by molar-refractivity contribution is 5.69. The van der Waals surface area contributed by atoms with E-state index in [9.17, 15) is 4.79 Å². The summed E-state index contributed by atoms with van der Waals surface area (Å²) in [6.45, 7) is 10.9. The van der Waals surface area contributed by atoms with E-state index in [0.29, 0.717) is 98.9 Å². The van der Waals surface area contributed by atoms with Crippen molar-refractivity contribution in [2.45, 2.75) is 96.8 Å². The predicted octanol–water partition coefficient (Wildman–Crippen LogP) is 5.69. The third kappa shape index (κ3) is 39.2. The molecule has 0 rings (SSSR count). The van der Waals surface area contributed by atoms with Crippen LogP contribution in [0.2, 0.25) is 0 Å². The zero-order valence-electron chi connectivity index (χ0n) is 28.8. The third-order valence-corrected chi connectivity index (χ3v) is 6.89. The van der Waals surface area contributed by atoms with E-state index in [1.165, 1.54) is 70.6 Å². The van der Waals surface area contributed by atoms with E-state index < -0.39 is 0 Å². The lowest BCUT2D eigenvalue weighted by Crippen LogP contribution is -2.19. The average molecular weight is 636 g/mol. The fraction of sp³-hybridized carbons (Fsp3) is 0.971. The fourth-order valence-electron chi connectivity index (χ4n) is 4.24. The van der Waals surface area contributed by atoms with Crippen molar-refractivity contribution in [3.05, 3.63) is 0 Å². The number of hydrogen-bond donors (Lipinski definition) is 0. The number of hydrogen-bond acceptors (Lipinski definition) is 10. The SMILES string of the molecule is CCCCCCCCCCCCCCCC(=O)OCCOCCOCCOCCOCCOCCOCCOCCN(C)C. The summed E-state index contributed by atoms with van der Waals surface area (Å²) in [6.07, 6.45) is 17.4. The van der Waals surface area contributed by atoms with E-state index in [1.54, 1.807) is 0 Å². The molecule has 0 heterocycles.